The second kappa shape index (κ2) is 14.3. The van der Waals surface area contributed by atoms with Crippen molar-refractivity contribution in [3.05, 3.63) is 59.2 Å². The number of hydrogen-bond acceptors (Lipinski definition) is 8. The average Bonchev–Trinajstić information content (AvgIpc) is 3.21. The monoisotopic (exact) mass is 566 g/mol. The normalized spacial score (nSPS) is 17.1. The van der Waals surface area contributed by atoms with Crippen molar-refractivity contribution in [1.29, 1.82) is 0 Å². The van der Waals surface area contributed by atoms with Crippen LogP contribution in [0.15, 0.2) is 42.5 Å². The molecule has 9 nitrogen and oxygen atoms in total. The van der Waals surface area contributed by atoms with Crippen LogP contribution in [0.2, 0.25) is 0 Å². The largest absolute Gasteiger partial charge is 0.493 e. The van der Waals surface area contributed by atoms with Gasteiger partial charge in [0.2, 0.25) is 11.7 Å². The lowest BCUT2D eigenvalue weighted by atomic mass is 10.0. The molecule has 1 aliphatic heterocycles. The lowest BCUT2D eigenvalue weighted by Gasteiger charge is -2.41. The van der Waals surface area contributed by atoms with Crippen LogP contribution >= 0.6 is 0 Å². The van der Waals surface area contributed by atoms with E-state index in [1.165, 1.54) is 0 Å². The number of piperazine rings is 1. The molecule has 0 aromatic heterocycles. The summed E-state index contributed by atoms with van der Waals surface area (Å²) >= 11 is 0. The van der Waals surface area contributed by atoms with Gasteiger partial charge in [0.1, 0.15) is 0 Å². The first-order valence-corrected chi connectivity index (χ1v) is 13.9. The van der Waals surface area contributed by atoms with Crippen molar-refractivity contribution in [2.75, 3.05) is 68.4 Å². The van der Waals surface area contributed by atoms with Gasteiger partial charge < -0.3 is 33.3 Å². The van der Waals surface area contributed by atoms with Crippen molar-refractivity contribution in [3.63, 3.8) is 0 Å². The summed E-state index contributed by atoms with van der Waals surface area (Å²) < 4.78 is 33.5. The second-order valence-corrected chi connectivity index (χ2v) is 10.2. The van der Waals surface area contributed by atoms with Crippen LogP contribution in [0.3, 0.4) is 0 Å². The zero-order chi connectivity index (χ0) is 29.4. The molecule has 2 aromatic rings. The molecule has 1 atom stereocenters. The third-order valence-corrected chi connectivity index (χ3v) is 7.65. The summed E-state index contributed by atoms with van der Waals surface area (Å²) in [6.45, 7) is 7.31. The molecule has 41 heavy (non-hydrogen) atoms. The van der Waals surface area contributed by atoms with Crippen LogP contribution in [0, 0.1) is 0 Å². The highest BCUT2D eigenvalue weighted by atomic mass is 16.5. The fourth-order valence-electron chi connectivity index (χ4n) is 5.62. The van der Waals surface area contributed by atoms with Crippen LogP contribution < -0.4 is 23.7 Å². The van der Waals surface area contributed by atoms with Gasteiger partial charge in [0.15, 0.2) is 23.0 Å². The molecule has 0 N–H and O–H groups in total. The summed E-state index contributed by atoms with van der Waals surface area (Å²) in [4.78, 5) is 18.3. The summed E-state index contributed by atoms with van der Waals surface area (Å²) in [5.74, 6) is 3.24. The molecule has 4 rings (SSSR count). The van der Waals surface area contributed by atoms with Gasteiger partial charge in [-0.05, 0) is 66.3 Å². The molecule has 1 fully saturated rings. The van der Waals surface area contributed by atoms with Crippen molar-refractivity contribution in [1.82, 2.24) is 9.80 Å². The number of hydrogen-bond donors (Lipinski definition) is 0. The summed E-state index contributed by atoms with van der Waals surface area (Å²) in [6, 6.07) is 7.82. The molecular formula is C32H42N2O7. The molecule has 0 bridgehead atoms. The number of carbonyl (C=O) groups excluding carboxylic acids is 1. The second-order valence-electron chi connectivity index (χ2n) is 10.2. The van der Waals surface area contributed by atoms with Crippen LogP contribution in [0.25, 0.3) is 6.08 Å². The zero-order valence-corrected chi connectivity index (χ0v) is 24.9. The van der Waals surface area contributed by atoms with Crippen LogP contribution in [0.1, 0.15) is 29.5 Å². The Hall–Kier alpha value is -3.69. The van der Waals surface area contributed by atoms with E-state index in [9.17, 15) is 4.79 Å². The third-order valence-electron chi connectivity index (χ3n) is 7.65. The van der Waals surface area contributed by atoms with Gasteiger partial charge in [-0.3, -0.25) is 9.69 Å². The Morgan fingerprint density at radius 1 is 0.902 bits per heavy atom. The van der Waals surface area contributed by atoms with Gasteiger partial charge in [-0.15, -0.1) is 6.58 Å². The molecule has 2 aromatic carbocycles. The summed E-state index contributed by atoms with van der Waals surface area (Å²) in [6.07, 6.45) is 6.23. The number of carbonyl (C=O) groups is 1. The standard InChI is InChI=1S/C32H42N2O7/c1-7-13-41-21-26-20-33(19-22-14-29(38-4)31(40-6)30(15-22)39-5)11-12-34(26)32(35)24-10-8-9-23-17-27(36-2)28(37-3)18-25(23)16-24/h7,14-18,26H,1,8-13,19-21H2,2-6H3. The van der Waals surface area contributed by atoms with Crippen molar-refractivity contribution >= 4 is 12.0 Å². The first kappa shape index (κ1) is 30.3. The predicted molar refractivity (Wildman–Crippen MR) is 158 cm³/mol. The molecule has 2 aliphatic rings. The third kappa shape index (κ3) is 6.97. The van der Waals surface area contributed by atoms with Gasteiger partial charge in [-0.2, -0.15) is 0 Å². The van der Waals surface area contributed by atoms with E-state index in [1.807, 2.05) is 35.2 Å². The first-order chi connectivity index (χ1) is 20.0. The Labute approximate surface area is 243 Å². The van der Waals surface area contributed by atoms with E-state index in [1.54, 1.807) is 41.6 Å². The molecule has 0 spiro atoms. The minimum atomic E-state index is -0.104. The van der Waals surface area contributed by atoms with Crippen molar-refractivity contribution in [2.45, 2.75) is 31.8 Å². The number of fused-ring (bicyclic) bond motifs is 1. The molecule has 1 saturated heterocycles. The highest BCUT2D eigenvalue weighted by molar-refractivity contribution is 5.98. The molecule has 0 radical (unpaired) electrons. The SMILES string of the molecule is C=CCOCC1CN(Cc2cc(OC)c(OC)c(OC)c2)CCN1C(=O)C1=Cc2cc(OC)c(OC)cc2CCC1. The van der Waals surface area contributed by atoms with Gasteiger partial charge >= 0.3 is 0 Å². The van der Waals surface area contributed by atoms with Crippen LogP contribution in [0.4, 0.5) is 0 Å². The fourth-order valence-corrected chi connectivity index (χ4v) is 5.62. The number of nitrogens with zero attached hydrogens (tertiary/aromatic N) is 2. The van der Waals surface area contributed by atoms with Crippen molar-refractivity contribution in [3.8, 4) is 28.7 Å². The van der Waals surface area contributed by atoms with Crippen molar-refractivity contribution in [2.24, 2.45) is 0 Å². The Balaban J connectivity index is 1.55. The molecule has 1 heterocycles. The lowest BCUT2D eigenvalue weighted by Crippen LogP contribution is -2.56. The summed E-state index contributed by atoms with van der Waals surface area (Å²) in [7, 11) is 8.10. The Kier molecular flexibility index (Phi) is 10.5. The Morgan fingerprint density at radius 2 is 1.59 bits per heavy atom. The number of aryl methyl sites for hydroxylation is 1. The van der Waals surface area contributed by atoms with E-state index in [0.29, 0.717) is 68.0 Å². The number of amides is 1. The highest BCUT2D eigenvalue weighted by Crippen LogP contribution is 2.39. The summed E-state index contributed by atoms with van der Waals surface area (Å²) in [5.41, 5.74) is 4.01. The van der Waals surface area contributed by atoms with Gasteiger partial charge in [-0.1, -0.05) is 6.08 Å². The minimum Gasteiger partial charge on any atom is -0.493 e. The molecule has 1 amide bonds. The first-order valence-electron chi connectivity index (χ1n) is 13.9. The van der Waals surface area contributed by atoms with E-state index in [4.69, 9.17) is 28.4 Å². The van der Waals surface area contributed by atoms with E-state index in [-0.39, 0.29) is 11.9 Å². The number of methoxy groups -OCH3 is 5. The van der Waals surface area contributed by atoms with Gasteiger partial charge in [-0.25, -0.2) is 0 Å². The number of benzene rings is 2. The quantitative estimate of drug-likeness (QED) is 0.277. The van der Waals surface area contributed by atoms with Gasteiger partial charge in [0.05, 0.1) is 54.8 Å². The highest BCUT2D eigenvalue weighted by Gasteiger charge is 2.33. The summed E-state index contributed by atoms with van der Waals surface area (Å²) in [5, 5.41) is 0. The Morgan fingerprint density at radius 3 is 2.22 bits per heavy atom. The lowest BCUT2D eigenvalue weighted by molar-refractivity contribution is -0.134. The maximum absolute atomic E-state index is 14.0. The van der Waals surface area contributed by atoms with Crippen LogP contribution in [-0.2, 0) is 22.5 Å². The maximum Gasteiger partial charge on any atom is 0.250 e. The number of ether oxygens (including phenoxy) is 6. The zero-order valence-electron chi connectivity index (χ0n) is 24.9. The van der Waals surface area contributed by atoms with Gasteiger partial charge in [0, 0.05) is 31.8 Å². The molecule has 1 aliphatic carbocycles. The molecule has 9 heteroatoms. The fraction of sp³-hybridized carbons (Fsp3) is 0.469. The van der Waals surface area contributed by atoms with Crippen molar-refractivity contribution < 1.29 is 33.2 Å². The average molecular weight is 567 g/mol. The Bertz CT molecular complexity index is 1230. The number of rotatable bonds is 12. The van der Waals surface area contributed by atoms with Crippen LogP contribution in [0.5, 0.6) is 28.7 Å². The van der Waals surface area contributed by atoms with E-state index in [2.05, 4.69) is 11.5 Å². The molecule has 222 valence electrons. The van der Waals surface area contributed by atoms with E-state index in [0.717, 1.165) is 41.6 Å². The van der Waals surface area contributed by atoms with E-state index >= 15 is 0 Å². The minimum absolute atomic E-state index is 0.0623. The topological polar surface area (TPSA) is 78.9 Å². The van der Waals surface area contributed by atoms with Crippen LogP contribution in [-0.4, -0.2) is 90.1 Å². The van der Waals surface area contributed by atoms with E-state index < -0.39 is 0 Å². The van der Waals surface area contributed by atoms with Gasteiger partial charge in [0.25, 0.3) is 0 Å². The molecule has 1 unspecified atom stereocenters. The smallest absolute Gasteiger partial charge is 0.250 e. The predicted octanol–water partition coefficient (Wildman–Crippen LogP) is 4.36. The maximum atomic E-state index is 14.0. The molecular weight excluding hydrogens is 524 g/mol. The molecule has 0 saturated carbocycles.